The molecule has 3 rings (SSSR count). The van der Waals surface area contributed by atoms with Crippen molar-refractivity contribution < 1.29 is 22.7 Å². The third-order valence-electron chi connectivity index (χ3n) is 5.52. The van der Waals surface area contributed by atoms with Crippen LogP contribution in [0.5, 0.6) is 11.5 Å². The van der Waals surface area contributed by atoms with Crippen LogP contribution >= 0.6 is 0 Å². The van der Waals surface area contributed by atoms with Gasteiger partial charge in [-0.2, -0.15) is 4.72 Å². The van der Waals surface area contributed by atoms with Crippen LogP contribution in [0.15, 0.2) is 47.4 Å². The molecule has 33 heavy (non-hydrogen) atoms. The van der Waals surface area contributed by atoms with Crippen molar-refractivity contribution in [1.29, 1.82) is 0 Å². The van der Waals surface area contributed by atoms with Gasteiger partial charge in [0.1, 0.15) is 6.04 Å². The van der Waals surface area contributed by atoms with Crippen molar-refractivity contribution in [3.63, 3.8) is 0 Å². The van der Waals surface area contributed by atoms with Crippen molar-refractivity contribution in [3.05, 3.63) is 42.5 Å². The van der Waals surface area contributed by atoms with Gasteiger partial charge in [-0.1, -0.05) is 13.8 Å². The van der Waals surface area contributed by atoms with Crippen LogP contribution in [0.1, 0.15) is 34.1 Å². The molecule has 0 saturated heterocycles. The molecule has 0 aliphatic carbocycles. The van der Waals surface area contributed by atoms with E-state index in [2.05, 4.69) is 28.8 Å². The van der Waals surface area contributed by atoms with Gasteiger partial charge in [-0.05, 0) is 56.2 Å². The Hall–Kier alpha value is -2.78. The Balaban J connectivity index is 1.74. The SMILES string of the molecule is CCN(CC)c1ccc(NC(=O)C(NS(=O)(=O)c2ccc3c(c2)OCCCO3)C(C)C)cc1. The van der Waals surface area contributed by atoms with Crippen molar-refractivity contribution in [2.45, 2.75) is 45.1 Å². The summed E-state index contributed by atoms with van der Waals surface area (Å²) in [5.74, 6) is 0.209. The monoisotopic (exact) mass is 475 g/mol. The number of hydrogen-bond acceptors (Lipinski definition) is 6. The molecule has 0 radical (unpaired) electrons. The molecule has 0 spiro atoms. The molecular formula is C24H33N3O5S. The zero-order valence-electron chi connectivity index (χ0n) is 19.6. The lowest BCUT2D eigenvalue weighted by atomic mass is 10.0. The van der Waals surface area contributed by atoms with Gasteiger partial charge >= 0.3 is 0 Å². The number of nitrogens with one attached hydrogen (secondary N) is 2. The maximum absolute atomic E-state index is 13.1. The topological polar surface area (TPSA) is 97.0 Å². The summed E-state index contributed by atoms with van der Waals surface area (Å²) >= 11 is 0. The summed E-state index contributed by atoms with van der Waals surface area (Å²) in [6.45, 7) is 10.5. The highest BCUT2D eigenvalue weighted by Crippen LogP contribution is 2.32. The number of benzene rings is 2. The zero-order valence-corrected chi connectivity index (χ0v) is 20.4. The first-order chi connectivity index (χ1) is 15.7. The van der Waals surface area contributed by atoms with E-state index in [1.54, 1.807) is 19.9 Å². The number of fused-ring (bicyclic) bond motifs is 1. The Labute approximate surface area is 196 Å². The molecule has 2 aromatic carbocycles. The molecule has 1 amide bonds. The van der Waals surface area contributed by atoms with Crippen molar-refractivity contribution in [2.24, 2.45) is 5.92 Å². The number of sulfonamides is 1. The van der Waals surface area contributed by atoms with E-state index in [1.165, 1.54) is 12.1 Å². The summed E-state index contributed by atoms with van der Waals surface area (Å²) in [6, 6.07) is 11.0. The van der Waals surface area contributed by atoms with Crippen LogP contribution in [0.3, 0.4) is 0 Å². The largest absolute Gasteiger partial charge is 0.490 e. The zero-order chi connectivity index (χ0) is 24.0. The fourth-order valence-electron chi connectivity index (χ4n) is 3.60. The quantitative estimate of drug-likeness (QED) is 0.575. The van der Waals surface area contributed by atoms with Crippen LogP contribution in [-0.2, 0) is 14.8 Å². The van der Waals surface area contributed by atoms with Crippen LogP contribution in [0, 0.1) is 5.92 Å². The minimum absolute atomic E-state index is 0.0220. The second-order valence-electron chi connectivity index (χ2n) is 8.21. The Morgan fingerprint density at radius 2 is 1.64 bits per heavy atom. The van der Waals surface area contributed by atoms with Gasteiger partial charge in [-0.15, -0.1) is 0 Å². The average Bonchev–Trinajstić information content (AvgIpc) is 3.04. The predicted molar refractivity (Wildman–Crippen MR) is 130 cm³/mol. The molecule has 1 heterocycles. The summed E-state index contributed by atoms with van der Waals surface area (Å²) in [5.41, 5.74) is 1.67. The molecule has 0 saturated carbocycles. The van der Waals surface area contributed by atoms with Gasteiger partial charge in [-0.25, -0.2) is 8.42 Å². The normalized spacial score (nSPS) is 14.5. The number of carbonyl (C=O) groups is 1. The van der Waals surface area contributed by atoms with Crippen LogP contribution in [0.25, 0.3) is 0 Å². The molecule has 0 bridgehead atoms. The third-order valence-corrected chi connectivity index (χ3v) is 6.96. The van der Waals surface area contributed by atoms with Gasteiger partial charge in [0.25, 0.3) is 0 Å². The summed E-state index contributed by atoms with van der Waals surface area (Å²) < 4.78 is 39.9. The minimum Gasteiger partial charge on any atom is -0.490 e. The fourth-order valence-corrected chi connectivity index (χ4v) is 4.96. The lowest BCUT2D eigenvalue weighted by molar-refractivity contribution is -0.118. The number of ether oxygens (including phenoxy) is 2. The Morgan fingerprint density at radius 3 is 2.24 bits per heavy atom. The summed E-state index contributed by atoms with van der Waals surface area (Å²) in [4.78, 5) is 15.2. The molecular weight excluding hydrogens is 442 g/mol. The average molecular weight is 476 g/mol. The molecule has 1 unspecified atom stereocenters. The number of anilines is 2. The van der Waals surface area contributed by atoms with E-state index < -0.39 is 22.0 Å². The predicted octanol–water partition coefficient (Wildman–Crippen LogP) is 3.64. The smallest absolute Gasteiger partial charge is 0.242 e. The second kappa shape index (κ2) is 10.9. The molecule has 0 aromatic heterocycles. The van der Waals surface area contributed by atoms with Gasteiger partial charge in [-0.3, -0.25) is 4.79 Å². The Morgan fingerprint density at radius 1 is 1.00 bits per heavy atom. The number of hydrogen-bond donors (Lipinski definition) is 2. The van der Waals surface area contributed by atoms with Crippen molar-refractivity contribution >= 4 is 27.3 Å². The summed E-state index contributed by atoms with van der Waals surface area (Å²) in [5, 5.41) is 2.83. The first kappa shape index (κ1) is 24.9. The first-order valence-corrected chi connectivity index (χ1v) is 12.8. The Bertz CT molecular complexity index is 1050. The number of rotatable bonds is 9. The van der Waals surface area contributed by atoms with Crippen LogP contribution in [0.2, 0.25) is 0 Å². The van der Waals surface area contributed by atoms with E-state index in [1.807, 2.05) is 24.3 Å². The molecule has 1 aliphatic rings. The maximum atomic E-state index is 13.1. The van der Waals surface area contributed by atoms with Crippen molar-refractivity contribution in [3.8, 4) is 11.5 Å². The Kier molecular flexibility index (Phi) is 8.20. The third kappa shape index (κ3) is 6.17. The minimum atomic E-state index is -3.96. The fraction of sp³-hybridized carbons (Fsp3) is 0.458. The van der Waals surface area contributed by atoms with E-state index in [9.17, 15) is 13.2 Å². The standard InChI is InChI=1S/C24H33N3O5S/c1-5-27(6-2)19-10-8-18(9-11-19)25-24(28)23(17(3)4)26-33(29,30)20-12-13-21-22(16-20)32-15-7-14-31-21/h8-13,16-17,23,26H,5-7,14-15H2,1-4H3,(H,25,28). The van der Waals surface area contributed by atoms with Gasteiger partial charge in [0, 0.05) is 37.0 Å². The molecule has 8 nitrogen and oxygen atoms in total. The van der Waals surface area contributed by atoms with Crippen molar-refractivity contribution in [1.82, 2.24) is 4.72 Å². The molecule has 1 atom stereocenters. The van der Waals surface area contributed by atoms with Crippen LogP contribution < -0.4 is 24.4 Å². The molecule has 2 N–H and O–H groups in total. The van der Waals surface area contributed by atoms with Gasteiger partial charge in [0.15, 0.2) is 11.5 Å². The number of nitrogens with zero attached hydrogens (tertiary/aromatic N) is 1. The highest BCUT2D eigenvalue weighted by Gasteiger charge is 2.29. The first-order valence-electron chi connectivity index (χ1n) is 11.3. The molecule has 2 aromatic rings. The van der Waals surface area contributed by atoms with E-state index in [-0.39, 0.29) is 10.8 Å². The van der Waals surface area contributed by atoms with E-state index >= 15 is 0 Å². The van der Waals surface area contributed by atoms with Gasteiger partial charge in [0.05, 0.1) is 18.1 Å². The lowest BCUT2D eigenvalue weighted by Gasteiger charge is -2.23. The summed E-state index contributed by atoms with van der Waals surface area (Å²) in [7, 11) is -3.96. The maximum Gasteiger partial charge on any atom is 0.242 e. The lowest BCUT2D eigenvalue weighted by Crippen LogP contribution is -2.47. The highest BCUT2D eigenvalue weighted by atomic mass is 32.2. The van der Waals surface area contributed by atoms with E-state index in [0.717, 1.165) is 25.2 Å². The number of amides is 1. The molecule has 0 fully saturated rings. The highest BCUT2D eigenvalue weighted by molar-refractivity contribution is 7.89. The molecule has 9 heteroatoms. The van der Waals surface area contributed by atoms with Crippen LogP contribution in [-0.4, -0.2) is 46.7 Å². The van der Waals surface area contributed by atoms with Crippen molar-refractivity contribution in [2.75, 3.05) is 36.5 Å². The van der Waals surface area contributed by atoms with Gasteiger partial charge < -0.3 is 19.7 Å². The second-order valence-corrected chi connectivity index (χ2v) is 9.92. The van der Waals surface area contributed by atoms with E-state index in [0.29, 0.717) is 30.4 Å². The number of carbonyl (C=O) groups excluding carboxylic acids is 1. The molecule has 180 valence electrons. The van der Waals surface area contributed by atoms with Crippen LogP contribution in [0.4, 0.5) is 11.4 Å². The van der Waals surface area contributed by atoms with E-state index in [4.69, 9.17) is 9.47 Å². The van der Waals surface area contributed by atoms with Gasteiger partial charge in [0.2, 0.25) is 15.9 Å². The summed E-state index contributed by atoms with van der Waals surface area (Å²) in [6.07, 6.45) is 0.723. The molecule has 1 aliphatic heterocycles.